The van der Waals surface area contributed by atoms with Crippen LogP contribution >= 0.6 is 0 Å². The first-order valence-corrected chi connectivity index (χ1v) is 9.70. The van der Waals surface area contributed by atoms with Gasteiger partial charge in [-0.15, -0.1) is 0 Å². The van der Waals surface area contributed by atoms with Crippen LogP contribution in [0.3, 0.4) is 0 Å². The summed E-state index contributed by atoms with van der Waals surface area (Å²) >= 11 is 0. The number of piperidine rings is 2. The summed E-state index contributed by atoms with van der Waals surface area (Å²) in [6.07, 6.45) is 4.76. The SMILES string of the molecule is COc1cc2nc3c(c(NC4C5CC4CN(C)C5)c2cc1OC)CCC3. The minimum atomic E-state index is 0.592. The lowest BCUT2D eigenvalue weighted by Gasteiger charge is -2.53. The van der Waals surface area contributed by atoms with Crippen LogP contribution in [-0.2, 0) is 12.8 Å². The second-order valence-corrected chi connectivity index (χ2v) is 8.14. The van der Waals surface area contributed by atoms with Crippen molar-refractivity contribution in [3.8, 4) is 11.5 Å². The van der Waals surface area contributed by atoms with Crippen molar-refractivity contribution in [3.63, 3.8) is 0 Å². The zero-order valence-electron chi connectivity index (χ0n) is 15.8. The summed E-state index contributed by atoms with van der Waals surface area (Å²) in [6, 6.07) is 4.71. The molecule has 138 valence electrons. The van der Waals surface area contributed by atoms with Gasteiger partial charge in [-0.3, -0.25) is 4.98 Å². The average Bonchev–Trinajstić information content (AvgIpc) is 3.11. The lowest BCUT2D eigenvalue weighted by molar-refractivity contribution is 0.0270. The first-order valence-electron chi connectivity index (χ1n) is 9.70. The number of rotatable bonds is 4. The number of ether oxygens (including phenoxy) is 2. The van der Waals surface area contributed by atoms with Gasteiger partial charge in [0.25, 0.3) is 0 Å². The second-order valence-electron chi connectivity index (χ2n) is 8.14. The molecule has 2 fully saturated rings. The monoisotopic (exact) mass is 353 g/mol. The van der Waals surface area contributed by atoms with Gasteiger partial charge in [0.05, 0.1) is 19.7 Å². The van der Waals surface area contributed by atoms with Crippen LogP contribution in [0.15, 0.2) is 12.1 Å². The standard InChI is InChI=1S/C21H27N3O2/c1-24-10-12-7-13(11-24)20(12)23-21-14-5-4-6-16(14)22-17-9-19(26-3)18(25-2)8-15(17)21/h8-9,12-13,20H,4-7,10-11H2,1-3H3,(H,22,23). The van der Waals surface area contributed by atoms with Gasteiger partial charge in [-0.05, 0) is 56.2 Å². The molecule has 1 saturated heterocycles. The molecule has 1 aliphatic heterocycles. The molecule has 2 aliphatic carbocycles. The van der Waals surface area contributed by atoms with Crippen LogP contribution in [0.1, 0.15) is 24.1 Å². The van der Waals surface area contributed by atoms with E-state index in [4.69, 9.17) is 14.5 Å². The van der Waals surface area contributed by atoms with Gasteiger partial charge >= 0.3 is 0 Å². The summed E-state index contributed by atoms with van der Waals surface area (Å²) in [5.74, 6) is 3.05. The molecule has 5 nitrogen and oxygen atoms in total. The van der Waals surface area contributed by atoms with E-state index in [1.54, 1.807) is 14.2 Å². The minimum absolute atomic E-state index is 0.592. The van der Waals surface area contributed by atoms with E-state index in [2.05, 4.69) is 23.3 Å². The zero-order valence-corrected chi connectivity index (χ0v) is 15.8. The maximum Gasteiger partial charge on any atom is 0.162 e. The number of methoxy groups -OCH3 is 2. The number of benzene rings is 1. The lowest BCUT2D eigenvalue weighted by Crippen LogP contribution is -2.60. The van der Waals surface area contributed by atoms with Gasteiger partial charge < -0.3 is 19.7 Å². The molecule has 5 heteroatoms. The molecule has 26 heavy (non-hydrogen) atoms. The van der Waals surface area contributed by atoms with Crippen molar-refractivity contribution in [3.05, 3.63) is 23.4 Å². The fourth-order valence-electron chi connectivity index (χ4n) is 5.28. The highest BCUT2D eigenvalue weighted by atomic mass is 16.5. The number of likely N-dealkylation sites (tertiary alicyclic amines) is 1. The van der Waals surface area contributed by atoms with E-state index >= 15 is 0 Å². The molecule has 2 aromatic rings. The Bertz CT molecular complexity index is 854. The Morgan fingerprint density at radius 3 is 2.54 bits per heavy atom. The first-order chi connectivity index (χ1) is 12.7. The van der Waals surface area contributed by atoms with E-state index in [1.807, 2.05) is 6.07 Å². The van der Waals surface area contributed by atoms with E-state index in [0.29, 0.717) is 6.04 Å². The predicted molar refractivity (Wildman–Crippen MR) is 103 cm³/mol. The molecule has 3 aliphatic rings. The van der Waals surface area contributed by atoms with Crippen LogP contribution in [0.4, 0.5) is 5.69 Å². The average molecular weight is 353 g/mol. The van der Waals surface area contributed by atoms with Crippen molar-refractivity contribution in [2.75, 3.05) is 39.7 Å². The van der Waals surface area contributed by atoms with Gasteiger partial charge in [-0.25, -0.2) is 0 Å². The first kappa shape index (κ1) is 16.2. The van der Waals surface area contributed by atoms with Gasteiger partial charge in [0.15, 0.2) is 11.5 Å². The van der Waals surface area contributed by atoms with E-state index in [1.165, 1.54) is 48.3 Å². The maximum absolute atomic E-state index is 5.57. The second kappa shape index (κ2) is 6.02. The Hall–Kier alpha value is -2.01. The normalized spacial score (nSPS) is 27.1. The van der Waals surface area contributed by atoms with E-state index in [0.717, 1.165) is 41.7 Å². The highest BCUT2D eigenvalue weighted by Crippen LogP contribution is 2.45. The fraction of sp³-hybridized carbons (Fsp3) is 0.571. The van der Waals surface area contributed by atoms with E-state index < -0.39 is 0 Å². The number of nitrogens with zero attached hydrogens (tertiary/aromatic N) is 2. The molecule has 5 rings (SSSR count). The summed E-state index contributed by atoms with van der Waals surface area (Å²) in [6.45, 7) is 2.41. The van der Waals surface area contributed by atoms with Gasteiger partial charge in [0.1, 0.15) is 0 Å². The third-order valence-electron chi connectivity index (χ3n) is 6.54. The van der Waals surface area contributed by atoms with Crippen molar-refractivity contribution >= 4 is 16.6 Å². The highest BCUT2D eigenvalue weighted by molar-refractivity contribution is 5.96. The number of hydrogen-bond acceptors (Lipinski definition) is 5. The van der Waals surface area contributed by atoms with Crippen LogP contribution in [0.5, 0.6) is 11.5 Å². The number of hydrogen-bond donors (Lipinski definition) is 1. The molecule has 1 saturated carbocycles. The molecule has 0 amide bonds. The van der Waals surface area contributed by atoms with Crippen molar-refractivity contribution in [2.45, 2.75) is 31.7 Å². The van der Waals surface area contributed by atoms with E-state index in [9.17, 15) is 0 Å². The van der Waals surface area contributed by atoms with Crippen LogP contribution in [0.25, 0.3) is 10.9 Å². The van der Waals surface area contributed by atoms with Crippen molar-refractivity contribution in [2.24, 2.45) is 11.8 Å². The molecule has 1 aromatic heterocycles. The van der Waals surface area contributed by atoms with Crippen LogP contribution in [0, 0.1) is 11.8 Å². The number of nitrogens with one attached hydrogen (secondary N) is 1. The van der Waals surface area contributed by atoms with Crippen molar-refractivity contribution in [1.82, 2.24) is 9.88 Å². The Morgan fingerprint density at radius 2 is 1.81 bits per heavy atom. The lowest BCUT2D eigenvalue weighted by atomic mass is 9.66. The molecular weight excluding hydrogens is 326 g/mol. The molecule has 2 bridgehead atoms. The van der Waals surface area contributed by atoms with Gasteiger partial charge in [0.2, 0.25) is 0 Å². The summed E-state index contributed by atoms with van der Waals surface area (Å²) < 4.78 is 11.1. The topological polar surface area (TPSA) is 46.6 Å². The summed E-state index contributed by atoms with van der Waals surface area (Å²) in [5.41, 5.74) is 4.98. The number of anilines is 1. The largest absolute Gasteiger partial charge is 0.493 e. The van der Waals surface area contributed by atoms with Crippen LogP contribution < -0.4 is 14.8 Å². The Balaban J connectivity index is 1.61. The molecule has 2 unspecified atom stereocenters. The van der Waals surface area contributed by atoms with Crippen molar-refractivity contribution < 1.29 is 9.47 Å². The predicted octanol–water partition coefficient (Wildman–Crippen LogP) is 3.10. The van der Waals surface area contributed by atoms with E-state index in [-0.39, 0.29) is 0 Å². The van der Waals surface area contributed by atoms with Crippen LogP contribution in [-0.4, -0.2) is 50.3 Å². The van der Waals surface area contributed by atoms with Gasteiger partial charge in [0, 0.05) is 42.0 Å². The quantitative estimate of drug-likeness (QED) is 0.915. The molecular formula is C21H27N3O2. The molecule has 0 spiro atoms. The Morgan fingerprint density at radius 1 is 1.08 bits per heavy atom. The summed E-state index contributed by atoms with van der Waals surface area (Å²) in [5, 5.41) is 5.14. The number of aryl methyl sites for hydroxylation is 1. The maximum atomic E-state index is 5.57. The molecule has 2 heterocycles. The summed E-state index contributed by atoms with van der Waals surface area (Å²) in [7, 11) is 5.62. The number of pyridine rings is 1. The fourth-order valence-corrected chi connectivity index (χ4v) is 5.28. The Labute approximate surface area is 154 Å². The molecule has 1 aromatic carbocycles. The van der Waals surface area contributed by atoms with Crippen molar-refractivity contribution in [1.29, 1.82) is 0 Å². The molecule has 1 N–H and O–H groups in total. The van der Waals surface area contributed by atoms with Gasteiger partial charge in [-0.2, -0.15) is 0 Å². The third kappa shape index (κ3) is 2.37. The smallest absolute Gasteiger partial charge is 0.162 e. The third-order valence-corrected chi connectivity index (χ3v) is 6.54. The molecule has 0 radical (unpaired) electrons. The minimum Gasteiger partial charge on any atom is -0.493 e. The molecule has 2 atom stereocenters. The number of fused-ring (bicyclic) bond motifs is 4. The highest BCUT2D eigenvalue weighted by Gasteiger charge is 2.46. The van der Waals surface area contributed by atoms with Crippen LogP contribution in [0.2, 0.25) is 0 Å². The summed E-state index contributed by atoms with van der Waals surface area (Å²) in [4.78, 5) is 7.42. The van der Waals surface area contributed by atoms with Gasteiger partial charge in [-0.1, -0.05) is 0 Å². The number of aromatic nitrogens is 1. The Kier molecular flexibility index (Phi) is 3.74. The zero-order chi connectivity index (χ0) is 17.8.